The Morgan fingerprint density at radius 2 is 1.75 bits per heavy atom. The number of hydrogen-bond acceptors (Lipinski definition) is 5. The fraction of sp³-hybridized carbons (Fsp3) is 0.278. The monoisotopic (exact) mass is 328 g/mol. The number of fused-ring (bicyclic) bond motifs is 1. The van der Waals surface area contributed by atoms with Gasteiger partial charge in [0.15, 0.2) is 11.5 Å². The zero-order chi connectivity index (χ0) is 17.1. The third kappa shape index (κ3) is 2.95. The van der Waals surface area contributed by atoms with Gasteiger partial charge in [0, 0.05) is 23.5 Å². The number of rotatable bonds is 5. The molecule has 2 N–H and O–H groups in total. The fourth-order valence-electron chi connectivity index (χ4n) is 2.80. The molecule has 2 aromatic rings. The van der Waals surface area contributed by atoms with Gasteiger partial charge >= 0.3 is 0 Å². The van der Waals surface area contributed by atoms with E-state index in [-0.39, 0.29) is 5.91 Å². The summed E-state index contributed by atoms with van der Waals surface area (Å²) in [6.07, 6.45) is 0.962. The number of carbonyl (C=O) groups excluding carboxylic acids is 1. The van der Waals surface area contributed by atoms with Crippen molar-refractivity contribution >= 4 is 17.3 Å². The fourth-order valence-corrected chi connectivity index (χ4v) is 2.80. The summed E-state index contributed by atoms with van der Waals surface area (Å²) < 4.78 is 15.8. The zero-order valence-corrected chi connectivity index (χ0v) is 13.9. The first-order valence-electron chi connectivity index (χ1n) is 7.64. The Balaban J connectivity index is 1.87. The molecule has 2 aromatic carbocycles. The van der Waals surface area contributed by atoms with E-state index in [0.717, 1.165) is 24.3 Å². The van der Waals surface area contributed by atoms with Gasteiger partial charge in [-0.15, -0.1) is 0 Å². The maximum Gasteiger partial charge on any atom is 0.255 e. The molecule has 1 aliphatic heterocycles. The van der Waals surface area contributed by atoms with E-state index in [1.807, 2.05) is 18.2 Å². The van der Waals surface area contributed by atoms with Gasteiger partial charge in [-0.05, 0) is 42.3 Å². The van der Waals surface area contributed by atoms with E-state index in [2.05, 4.69) is 10.6 Å². The molecule has 1 amide bonds. The molecule has 0 spiro atoms. The summed E-state index contributed by atoms with van der Waals surface area (Å²) in [4.78, 5) is 12.6. The van der Waals surface area contributed by atoms with Gasteiger partial charge in [0.2, 0.25) is 5.75 Å². The molecule has 0 aliphatic carbocycles. The average Bonchev–Trinajstić information content (AvgIpc) is 3.07. The molecular formula is C18H20N2O4. The summed E-state index contributed by atoms with van der Waals surface area (Å²) >= 11 is 0. The molecular weight excluding hydrogens is 308 g/mol. The van der Waals surface area contributed by atoms with Crippen LogP contribution in [0.15, 0.2) is 30.3 Å². The maximum absolute atomic E-state index is 12.6. The van der Waals surface area contributed by atoms with Crippen molar-refractivity contribution in [3.63, 3.8) is 0 Å². The van der Waals surface area contributed by atoms with Gasteiger partial charge < -0.3 is 24.8 Å². The van der Waals surface area contributed by atoms with Gasteiger partial charge in [0.1, 0.15) is 0 Å². The third-order valence-electron chi connectivity index (χ3n) is 4.00. The largest absolute Gasteiger partial charge is 0.493 e. The van der Waals surface area contributed by atoms with E-state index in [9.17, 15) is 4.79 Å². The normalized spacial score (nSPS) is 12.1. The van der Waals surface area contributed by atoms with E-state index in [1.54, 1.807) is 12.1 Å². The van der Waals surface area contributed by atoms with Crippen molar-refractivity contribution in [3.05, 3.63) is 41.5 Å². The molecule has 24 heavy (non-hydrogen) atoms. The second-order valence-electron chi connectivity index (χ2n) is 5.42. The predicted octanol–water partition coefficient (Wildman–Crippen LogP) is 2.93. The van der Waals surface area contributed by atoms with Gasteiger partial charge in [-0.1, -0.05) is 0 Å². The Morgan fingerprint density at radius 1 is 1.04 bits per heavy atom. The van der Waals surface area contributed by atoms with Gasteiger partial charge in [-0.2, -0.15) is 0 Å². The van der Waals surface area contributed by atoms with Crippen molar-refractivity contribution in [3.8, 4) is 17.2 Å². The second-order valence-corrected chi connectivity index (χ2v) is 5.42. The Hall–Kier alpha value is -2.89. The van der Waals surface area contributed by atoms with E-state index in [4.69, 9.17) is 14.2 Å². The molecule has 0 bridgehead atoms. The van der Waals surface area contributed by atoms with Crippen molar-refractivity contribution in [1.29, 1.82) is 0 Å². The Bertz CT molecular complexity index is 749. The molecule has 126 valence electrons. The van der Waals surface area contributed by atoms with Crippen molar-refractivity contribution in [2.24, 2.45) is 0 Å². The van der Waals surface area contributed by atoms with E-state index in [0.29, 0.717) is 22.8 Å². The highest BCUT2D eigenvalue weighted by atomic mass is 16.5. The quantitative estimate of drug-likeness (QED) is 0.883. The first-order chi connectivity index (χ1) is 11.7. The Labute approximate surface area is 140 Å². The minimum absolute atomic E-state index is 0.236. The number of carbonyl (C=O) groups is 1. The molecule has 0 saturated carbocycles. The van der Waals surface area contributed by atoms with Crippen LogP contribution in [0.4, 0.5) is 11.4 Å². The zero-order valence-electron chi connectivity index (χ0n) is 13.9. The maximum atomic E-state index is 12.6. The molecule has 6 heteroatoms. The molecule has 0 fully saturated rings. The lowest BCUT2D eigenvalue weighted by molar-refractivity contribution is 0.102. The lowest BCUT2D eigenvalue weighted by atomic mass is 10.1. The van der Waals surface area contributed by atoms with Crippen LogP contribution in [0.3, 0.4) is 0 Å². The molecule has 0 unspecified atom stereocenters. The number of ether oxygens (including phenoxy) is 3. The van der Waals surface area contributed by atoms with E-state index in [1.165, 1.54) is 26.9 Å². The molecule has 0 saturated heterocycles. The molecule has 0 atom stereocenters. The highest BCUT2D eigenvalue weighted by Gasteiger charge is 2.18. The third-order valence-corrected chi connectivity index (χ3v) is 4.00. The van der Waals surface area contributed by atoms with Crippen LogP contribution >= 0.6 is 0 Å². The van der Waals surface area contributed by atoms with Crippen molar-refractivity contribution < 1.29 is 19.0 Å². The van der Waals surface area contributed by atoms with Crippen LogP contribution in [0.2, 0.25) is 0 Å². The van der Waals surface area contributed by atoms with Crippen LogP contribution in [0.1, 0.15) is 15.9 Å². The molecule has 0 radical (unpaired) electrons. The van der Waals surface area contributed by atoms with Crippen LogP contribution < -0.4 is 24.8 Å². The average molecular weight is 328 g/mol. The number of amides is 1. The number of nitrogens with one attached hydrogen (secondary N) is 2. The second kappa shape index (κ2) is 6.70. The molecule has 1 aliphatic rings. The summed E-state index contributed by atoms with van der Waals surface area (Å²) in [5, 5.41) is 6.20. The molecule has 6 nitrogen and oxygen atoms in total. The van der Waals surface area contributed by atoms with Crippen LogP contribution in [0.5, 0.6) is 17.2 Å². The topological polar surface area (TPSA) is 68.8 Å². The number of benzene rings is 2. The lowest BCUT2D eigenvalue weighted by Gasteiger charge is -2.14. The van der Waals surface area contributed by atoms with Crippen LogP contribution in [0.25, 0.3) is 0 Å². The highest BCUT2D eigenvalue weighted by molar-refractivity contribution is 6.05. The van der Waals surface area contributed by atoms with Gasteiger partial charge in [-0.25, -0.2) is 0 Å². The van der Waals surface area contributed by atoms with Gasteiger partial charge in [-0.3, -0.25) is 4.79 Å². The van der Waals surface area contributed by atoms with E-state index < -0.39 is 0 Å². The lowest BCUT2D eigenvalue weighted by Crippen LogP contribution is -2.12. The summed E-state index contributed by atoms with van der Waals surface area (Å²) in [6.45, 7) is 0.930. The first kappa shape index (κ1) is 16.0. The molecule has 0 aromatic heterocycles. The van der Waals surface area contributed by atoms with Crippen LogP contribution in [-0.4, -0.2) is 33.8 Å². The van der Waals surface area contributed by atoms with Crippen LogP contribution in [0, 0.1) is 0 Å². The Kier molecular flexibility index (Phi) is 4.46. The molecule has 1 heterocycles. The van der Waals surface area contributed by atoms with Gasteiger partial charge in [0.05, 0.1) is 21.3 Å². The van der Waals surface area contributed by atoms with Crippen molar-refractivity contribution in [2.75, 3.05) is 38.5 Å². The minimum Gasteiger partial charge on any atom is -0.493 e. The number of methoxy groups -OCH3 is 3. The smallest absolute Gasteiger partial charge is 0.255 e. The van der Waals surface area contributed by atoms with Crippen molar-refractivity contribution in [2.45, 2.75) is 6.42 Å². The summed E-state index contributed by atoms with van der Waals surface area (Å²) in [7, 11) is 4.57. The summed E-state index contributed by atoms with van der Waals surface area (Å²) in [6, 6.07) is 9.11. The molecule has 3 rings (SSSR count). The standard InChI is InChI=1S/C18H20N2O4/c1-22-15-9-12(10-16(23-2)17(15)24-3)18(21)20-13-4-5-14-11(8-13)6-7-19-14/h4-5,8-10,19H,6-7H2,1-3H3,(H,20,21). The predicted molar refractivity (Wildman–Crippen MR) is 92.7 cm³/mol. The van der Waals surface area contributed by atoms with Crippen molar-refractivity contribution in [1.82, 2.24) is 0 Å². The number of hydrogen-bond donors (Lipinski definition) is 2. The SMILES string of the molecule is COc1cc(C(=O)Nc2ccc3c(c2)CCN3)cc(OC)c1OC. The summed E-state index contributed by atoms with van der Waals surface area (Å²) in [5.74, 6) is 1.11. The Morgan fingerprint density at radius 3 is 2.38 bits per heavy atom. The van der Waals surface area contributed by atoms with E-state index >= 15 is 0 Å². The van der Waals surface area contributed by atoms with Crippen LogP contribution in [-0.2, 0) is 6.42 Å². The highest BCUT2D eigenvalue weighted by Crippen LogP contribution is 2.38. The minimum atomic E-state index is -0.236. The summed E-state index contributed by atoms with van der Waals surface area (Å²) in [5.41, 5.74) is 3.53. The number of anilines is 2. The van der Waals surface area contributed by atoms with Gasteiger partial charge in [0.25, 0.3) is 5.91 Å². The first-order valence-corrected chi connectivity index (χ1v) is 7.64.